The van der Waals surface area contributed by atoms with Crippen molar-refractivity contribution >= 4 is 44.4 Å². The number of thiazole rings is 1. The molecule has 2 unspecified atom stereocenters. The number of anilines is 2. The first-order valence-electron chi connectivity index (χ1n) is 18.5. The molecule has 12 heteroatoms. The number of hydrogen-bond donors (Lipinski definition) is 3. The molecule has 4 fully saturated rings. The lowest BCUT2D eigenvalue weighted by molar-refractivity contribution is -0.250. The van der Waals surface area contributed by atoms with Gasteiger partial charge in [-0.2, -0.15) is 5.10 Å². The summed E-state index contributed by atoms with van der Waals surface area (Å²) < 4.78 is 3.05. The van der Waals surface area contributed by atoms with Crippen LogP contribution in [-0.2, 0) is 11.4 Å². The van der Waals surface area contributed by atoms with Gasteiger partial charge in [0.25, 0.3) is 0 Å². The number of carbonyl (C=O) groups excluding carboxylic acids is 1. The third-order valence-electron chi connectivity index (χ3n) is 11.9. The second-order valence-corrected chi connectivity index (χ2v) is 17.8. The molecule has 0 spiro atoms. The maximum Gasteiger partial charge on any atom is 0.355 e. The highest BCUT2D eigenvalue weighted by molar-refractivity contribution is 7.22. The van der Waals surface area contributed by atoms with E-state index in [9.17, 15) is 14.7 Å². The van der Waals surface area contributed by atoms with Crippen LogP contribution in [0.3, 0.4) is 0 Å². The summed E-state index contributed by atoms with van der Waals surface area (Å²) in [6, 6.07) is 16.9. The zero-order valence-electron chi connectivity index (χ0n) is 31.0. The molecule has 9 rings (SSSR count). The molecule has 5 aromatic rings. The minimum absolute atomic E-state index is 0.00348. The number of aryl methyl sites for hydroxylation is 1. The number of amides is 2. The molecule has 4 aliphatic carbocycles. The summed E-state index contributed by atoms with van der Waals surface area (Å²) in [5.74, 6) is 4.88. The van der Waals surface area contributed by atoms with Crippen LogP contribution in [-0.4, -0.2) is 49.0 Å². The minimum atomic E-state index is -1.12. The van der Waals surface area contributed by atoms with Gasteiger partial charge < -0.3 is 5.11 Å². The highest BCUT2D eigenvalue weighted by Crippen LogP contribution is 2.71. The maximum atomic E-state index is 13.7. The van der Waals surface area contributed by atoms with Gasteiger partial charge in [0.2, 0.25) is 0 Å². The predicted molar refractivity (Wildman–Crippen MR) is 208 cm³/mol. The summed E-state index contributed by atoms with van der Waals surface area (Å²) in [7, 11) is 0. The molecule has 0 radical (unpaired) electrons. The number of pyridine rings is 1. The van der Waals surface area contributed by atoms with Gasteiger partial charge in [0, 0.05) is 41.2 Å². The van der Waals surface area contributed by atoms with Crippen molar-refractivity contribution in [2.45, 2.75) is 91.7 Å². The van der Waals surface area contributed by atoms with Crippen molar-refractivity contribution in [3.63, 3.8) is 0 Å². The standard InChI is InChI=1S/C41H47N7O4S/c1-6-15-47(37(51)46-36-45-31-9-7-8-10-33(31)53-36)32-16-27(12-11-25(32)2)30-14-13-28(34(44-30)35(49)50)29-17-43-48(26(29)3)24-40-19-38(4)18-39(5,20-40)22-41(21-38,23-40)52-42/h7-14,16-17H,6,15,18-24,42H2,1-5H3,(H,49,50)(H,45,46,51). The van der Waals surface area contributed by atoms with Gasteiger partial charge in [-0.3, -0.25) is 19.7 Å². The lowest BCUT2D eigenvalue weighted by atomic mass is 9.39. The topological polar surface area (TPSA) is 148 Å². The monoisotopic (exact) mass is 733 g/mol. The normalized spacial score (nSPS) is 25.9. The highest BCUT2D eigenvalue weighted by atomic mass is 32.1. The first-order chi connectivity index (χ1) is 25.2. The van der Waals surface area contributed by atoms with Crippen molar-refractivity contribution in [2.75, 3.05) is 16.8 Å². The Morgan fingerprint density at radius 2 is 1.74 bits per heavy atom. The number of carboxylic acid groups (broad SMARTS) is 1. The van der Waals surface area contributed by atoms with Crippen molar-refractivity contribution in [3.8, 4) is 22.4 Å². The molecular weight excluding hydrogens is 687 g/mol. The van der Waals surface area contributed by atoms with E-state index in [4.69, 9.17) is 20.8 Å². The molecule has 3 heterocycles. The molecule has 3 aromatic heterocycles. The van der Waals surface area contributed by atoms with Gasteiger partial charge in [0.1, 0.15) is 0 Å². The number of aromatic carboxylic acids is 1. The largest absolute Gasteiger partial charge is 0.476 e. The van der Waals surface area contributed by atoms with E-state index in [2.05, 4.69) is 24.1 Å². The molecule has 4 aliphatic rings. The van der Waals surface area contributed by atoms with Crippen LogP contribution in [0.2, 0.25) is 0 Å². The number of urea groups is 1. The number of benzene rings is 2. The van der Waals surface area contributed by atoms with E-state index in [1.165, 1.54) is 17.8 Å². The Hall–Kier alpha value is -4.65. The molecule has 4 bridgehead atoms. The second kappa shape index (κ2) is 12.7. The molecule has 4 N–H and O–H groups in total. The van der Waals surface area contributed by atoms with Gasteiger partial charge in [-0.25, -0.2) is 25.5 Å². The summed E-state index contributed by atoms with van der Waals surface area (Å²) in [5.41, 5.74) is 5.85. The lowest BCUT2D eigenvalue weighted by Crippen LogP contribution is -2.65. The SMILES string of the molecule is CCCN(C(=O)Nc1nc2ccccc2s1)c1cc(-c2ccc(-c3cnn(CC45CC6(C)CC(C)(C4)CC(ON)(C6)C5)c3C)c(C(=O)O)n2)ccc1C. The van der Waals surface area contributed by atoms with Gasteiger partial charge in [-0.05, 0) is 111 Å². The highest BCUT2D eigenvalue weighted by Gasteiger charge is 2.66. The fourth-order valence-corrected chi connectivity index (χ4v) is 11.9. The fourth-order valence-electron chi connectivity index (χ4n) is 11.0. The van der Waals surface area contributed by atoms with Gasteiger partial charge in [-0.15, -0.1) is 0 Å². The number of carbonyl (C=O) groups is 2. The number of hydrogen-bond acceptors (Lipinski definition) is 8. The van der Waals surface area contributed by atoms with E-state index in [0.29, 0.717) is 28.5 Å². The number of carboxylic acids is 1. The summed E-state index contributed by atoms with van der Waals surface area (Å²) in [6.07, 6.45) is 8.79. The molecule has 11 nitrogen and oxygen atoms in total. The molecule has 53 heavy (non-hydrogen) atoms. The van der Waals surface area contributed by atoms with E-state index >= 15 is 0 Å². The third kappa shape index (κ3) is 6.30. The number of nitrogens with zero attached hydrogens (tertiary/aromatic N) is 5. The van der Waals surface area contributed by atoms with Crippen molar-refractivity contribution in [1.29, 1.82) is 0 Å². The smallest absolute Gasteiger partial charge is 0.355 e. The number of fused-ring (bicyclic) bond motifs is 1. The van der Waals surface area contributed by atoms with Gasteiger partial charge in [0.15, 0.2) is 10.8 Å². The van der Waals surface area contributed by atoms with Gasteiger partial charge in [-0.1, -0.05) is 56.4 Å². The van der Waals surface area contributed by atoms with Crippen LogP contribution >= 0.6 is 11.3 Å². The number of aromatic nitrogens is 4. The van der Waals surface area contributed by atoms with Crippen LogP contribution in [0, 0.1) is 30.1 Å². The van der Waals surface area contributed by atoms with E-state index < -0.39 is 5.97 Å². The zero-order chi connectivity index (χ0) is 37.3. The molecule has 2 atom stereocenters. The lowest BCUT2D eigenvalue weighted by Gasteiger charge is -2.68. The van der Waals surface area contributed by atoms with Gasteiger partial charge >= 0.3 is 12.0 Å². The van der Waals surface area contributed by atoms with E-state index in [1.54, 1.807) is 11.1 Å². The Balaban J connectivity index is 1.08. The van der Waals surface area contributed by atoms with E-state index in [-0.39, 0.29) is 33.6 Å². The second-order valence-electron chi connectivity index (χ2n) is 16.8. The molecule has 0 saturated heterocycles. The first-order valence-corrected chi connectivity index (χ1v) is 19.3. The van der Waals surface area contributed by atoms with Crippen molar-refractivity contribution in [1.82, 2.24) is 19.7 Å². The van der Waals surface area contributed by atoms with Gasteiger partial charge in [0.05, 0.1) is 27.7 Å². The maximum absolute atomic E-state index is 13.7. The molecule has 0 aliphatic heterocycles. The van der Waals surface area contributed by atoms with E-state index in [0.717, 1.165) is 77.8 Å². The zero-order valence-corrected chi connectivity index (χ0v) is 31.8. The molecule has 276 valence electrons. The number of nitrogens with one attached hydrogen (secondary N) is 1. The molecule has 2 aromatic carbocycles. The minimum Gasteiger partial charge on any atom is -0.476 e. The third-order valence-corrected chi connectivity index (χ3v) is 12.8. The van der Waals surface area contributed by atoms with Crippen LogP contribution < -0.4 is 16.1 Å². The molecular formula is C41H47N7O4S. The Labute approximate surface area is 313 Å². The number of rotatable bonds is 10. The average Bonchev–Trinajstić information content (AvgIpc) is 3.67. The van der Waals surface area contributed by atoms with Crippen LogP contribution in [0.4, 0.5) is 15.6 Å². The average molecular weight is 734 g/mol. The summed E-state index contributed by atoms with van der Waals surface area (Å²) in [6.45, 7) is 12.0. The van der Waals surface area contributed by atoms with Crippen molar-refractivity contribution < 1.29 is 19.5 Å². The number of nitrogens with two attached hydrogens (primary N) is 1. The summed E-state index contributed by atoms with van der Waals surface area (Å²) in [4.78, 5) is 43.3. The molecule has 2 amide bonds. The predicted octanol–water partition coefficient (Wildman–Crippen LogP) is 8.99. The van der Waals surface area contributed by atoms with Crippen LogP contribution in [0.25, 0.3) is 32.6 Å². The quantitative estimate of drug-likeness (QED) is 0.121. The Morgan fingerprint density at radius 3 is 2.43 bits per heavy atom. The van der Waals surface area contributed by atoms with Crippen LogP contribution in [0.1, 0.15) is 87.5 Å². The Bertz CT molecular complexity index is 2210. The van der Waals surface area contributed by atoms with Crippen molar-refractivity contribution in [2.24, 2.45) is 22.1 Å². The van der Waals surface area contributed by atoms with Crippen LogP contribution in [0.5, 0.6) is 0 Å². The summed E-state index contributed by atoms with van der Waals surface area (Å²) >= 11 is 1.43. The fraction of sp³-hybridized carbons (Fsp3) is 0.439. The number of para-hydroxylation sites is 1. The molecule has 4 saturated carbocycles. The Kier molecular flexibility index (Phi) is 8.51. The summed E-state index contributed by atoms with van der Waals surface area (Å²) in [5, 5.41) is 18.8. The van der Waals surface area contributed by atoms with Crippen molar-refractivity contribution in [3.05, 3.63) is 77.7 Å². The Morgan fingerprint density at radius 1 is 0.981 bits per heavy atom. The first kappa shape index (κ1) is 35.4. The van der Waals surface area contributed by atoms with E-state index in [1.807, 2.05) is 80.1 Å². The van der Waals surface area contributed by atoms with Crippen LogP contribution in [0.15, 0.2) is 60.8 Å².